The molecule has 2 N–H and O–H groups in total. The number of fused-ring (bicyclic) bond motifs is 2. The van der Waals surface area contributed by atoms with Crippen LogP contribution < -0.4 is 16.2 Å². The molecular weight excluding hydrogens is 494 g/mol. The Morgan fingerprint density at radius 2 is 1.87 bits per heavy atom. The normalized spacial score (nSPS) is 16.6. The van der Waals surface area contributed by atoms with E-state index >= 15 is 0 Å². The summed E-state index contributed by atoms with van der Waals surface area (Å²) in [6, 6.07) is 10.4. The lowest BCUT2D eigenvalue weighted by molar-refractivity contribution is 0.474. The van der Waals surface area contributed by atoms with Crippen molar-refractivity contribution in [3.05, 3.63) is 69.9 Å². The highest BCUT2D eigenvalue weighted by Gasteiger charge is 2.27. The van der Waals surface area contributed by atoms with E-state index in [9.17, 15) is 4.79 Å². The lowest BCUT2D eigenvalue weighted by Gasteiger charge is -2.40. The van der Waals surface area contributed by atoms with Crippen LogP contribution in [0.3, 0.4) is 0 Å². The third-order valence-corrected chi connectivity index (χ3v) is 8.82. The lowest BCUT2D eigenvalue weighted by Crippen LogP contribution is -2.32. The Kier molecular flexibility index (Phi) is 6.64. The van der Waals surface area contributed by atoms with Gasteiger partial charge < -0.3 is 10.6 Å². The average molecular weight is 534 g/mol. The summed E-state index contributed by atoms with van der Waals surface area (Å²) in [4.78, 5) is 27.4. The summed E-state index contributed by atoms with van der Waals surface area (Å²) in [5.74, 6) is 0.462. The second-order valence-electron chi connectivity index (χ2n) is 12.2. The molecule has 0 bridgehead atoms. The lowest BCUT2D eigenvalue weighted by atomic mass is 9.91. The Bertz CT molecular complexity index is 1560. The first-order valence-corrected chi connectivity index (χ1v) is 16.0. The third-order valence-electron chi connectivity index (χ3n) is 6.98. The van der Waals surface area contributed by atoms with Gasteiger partial charge in [-0.25, -0.2) is 24.4 Å². The first-order chi connectivity index (χ1) is 17.8. The number of nitrogens with zero attached hydrogens (tertiary/aromatic N) is 5. The van der Waals surface area contributed by atoms with Gasteiger partial charge in [0.05, 0.1) is 11.1 Å². The quantitative estimate of drug-likeness (QED) is 0.355. The van der Waals surface area contributed by atoms with Gasteiger partial charge in [-0.1, -0.05) is 26.8 Å². The maximum atomic E-state index is 13.4. The first-order valence-electron chi connectivity index (χ1n) is 13.1. The molecule has 0 saturated heterocycles. The average Bonchev–Trinajstić information content (AvgIpc) is 3.14. The van der Waals surface area contributed by atoms with Crippen molar-refractivity contribution in [3.63, 3.8) is 0 Å². The zero-order valence-corrected chi connectivity index (χ0v) is 24.5. The van der Waals surface area contributed by atoms with Gasteiger partial charge in [0, 0.05) is 41.8 Å². The molecule has 4 heterocycles. The maximum absolute atomic E-state index is 13.4. The highest BCUT2D eigenvalue weighted by molar-refractivity contribution is 8.32. The van der Waals surface area contributed by atoms with Crippen LogP contribution in [0.15, 0.2) is 47.5 Å². The van der Waals surface area contributed by atoms with Crippen molar-refractivity contribution in [3.8, 4) is 5.69 Å². The SMILES string of the molecule is CC(C)n1c(=O)c2cnc(Nc3ccc4c(c3)CCNC4S(C)(C)C)nc2n1-c1ccnc(C(C)(C)C)c1. The van der Waals surface area contributed by atoms with Gasteiger partial charge in [0.1, 0.15) is 5.39 Å². The van der Waals surface area contributed by atoms with E-state index in [4.69, 9.17) is 4.98 Å². The van der Waals surface area contributed by atoms with Crippen molar-refractivity contribution in [1.29, 1.82) is 0 Å². The molecule has 4 aromatic rings. The monoisotopic (exact) mass is 533 g/mol. The molecule has 1 aliphatic rings. The van der Waals surface area contributed by atoms with Crippen LogP contribution in [0.25, 0.3) is 16.7 Å². The fourth-order valence-corrected chi connectivity index (χ4v) is 6.71. The first kappa shape index (κ1) is 26.4. The molecule has 1 aromatic carbocycles. The molecule has 0 saturated carbocycles. The van der Waals surface area contributed by atoms with E-state index < -0.39 is 10.0 Å². The van der Waals surface area contributed by atoms with Crippen molar-refractivity contribution < 1.29 is 0 Å². The number of pyridine rings is 1. The summed E-state index contributed by atoms with van der Waals surface area (Å²) in [7, 11) is -0.783. The molecule has 0 radical (unpaired) electrons. The smallest absolute Gasteiger partial charge is 0.278 e. The molecule has 8 nitrogen and oxygen atoms in total. The van der Waals surface area contributed by atoms with Crippen LogP contribution in [0.2, 0.25) is 0 Å². The summed E-state index contributed by atoms with van der Waals surface area (Å²) in [5.41, 5.74) is 5.84. The Hall–Kier alpha value is -3.17. The van der Waals surface area contributed by atoms with E-state index in [1.54, 1.807) is 17.1 Å². The molecule has 0 amide bonds. The summed E-state index contributed by atoms with van der Waals surface area (Å²) in [6.45, 7) is 11.4. The summed E-state index contributed by atoms with van der Waals surface area (Å²) < 4.78 is 3.65. The molecule has 202 valence electrons. The standard InChI is InChI=1S/C29H39N7OS/c1-18(2)35-27(37)23-17-32-28(34-25(23)36(35)21-12-14-30-24(16-21)29(3,4)5)33-20-9-10-22-19(15-20)11-13-31-26(22)38(6,7)8/h9-10,12,14-18,26,31H,11,13H2,1-8H3,(H,32,33,34). The molecule has 38 heavy (non-hydrogen) atoms. The van der Waals surface area contributed by atoms with Gasteiger partial charge in [0.2, 0.25) is 5.95 Å². The van der Waals surface area contributed by atoms with Crippen molar-refractivity contribution >= 4 is 32.7 Å². The van der Waals surface area contributed by atoms with Crippen LogP contribution in [-0.4, -0.2) is 49.6 Å². The predicted molar refractivity (Wildman–Crippen MR) is 160 cm³/mol. The molecule has 5 rings (SSSR count). The highest BCUT2D eigenvalue weighted by atomic mass is 32.3. The molecule has 3 aromatic heterocycles. The van der Waals surface area contributed by atoms with E-state index in [1.165, 1.54) is 11.1 Å². The minimum Gasteiger partial charge on any atom is -0.324 e. The zero-order valence-electron chi connectivity index (χ0n) is 23.7. The largest absolute Gasteiger partial charge is 0.324 e. The van der Waals surface area contributed by atoms with Crippen LogP contribution in [0.4, 0.5) is 11.6 Å². The Morgan fingerprint density at radius 1 is 1.11 bits per heavy atom. The van der Waals surface area contributed by atoms with Gasteiger partial charge in [0.25, 0.3) is 5.56 Å². The van der Waals surface area contributed by atoms with E-state index in [0.717, 1.165) is 30.0 Å². The van der Waals surface area contributed by atoms with Crippen LogP contribution in [0.5, 0.6) is 0 Å². The molecule has 0 fully saturated rings. The van der Waals surface area contributed by atoms with Crippen molar-refractivity contribution in [2.45, 2.75) is 57.9 Å². The second kappa shape index (κ2) is 9.54. The van der Waals surface area contributed by atoms with Gasteiger partial charge in [-0.3, -0.25) is 9.78 Å². The van der Waals surface area contributed by atoms with Crippen molar-refractivity contribution in [2.24, 2.45) is 0 Å². The van der Waals surface area contributed by atoms with Crippen LogP contribution in [0.1, 0.15) is 62.9 Å². The summed E-state index contributed by atoms with van der Waals surface area (Å²) in [6.07, 6.45) is 11.5. The number of rotatable bonds is 5. The molecule has 1 unspecified atom stereocenters. The molecule has 9 heteroatoms. The highest BCUT2D eigenvalue weighted by Crippen LogP contribution is 2.51. The number of hydrogen-bond donors (Lipinski definition) is 2. The number of nitrogens with one attached hydrogen (secondary N) is 2. The van der Waals surface area contributed by atoms with Gasteiger partial charge in [-0.05, 0) is 74.4 Å². The second-order valence-corrected chi connectivity index (χ2v) is 16.5. The molecule has 1 atom stereocenters. The zero-order chi connectivity index (χ0) is 27.4. The number of benzene rings is 1. The summed E-state index contributed by atoms with van der Waals surface area (Å²) in [5, 5.41) is 8.00. The van der Waals surface area contributed by atoms with Crippen LogP contribution >= 0.6 is 10.0 Å². The Labute approximate surface area is 226 Å². The van der Waals surface area contributed by atoms with E-state index in [2.05, 4.69) is 78.3 Å². The predicted octanol–water partition coefficient (Wildman–Crippen LogP) is 5.44. The van der Waals surface area contributed by atoms with Gasteiger partial charge >= 0.3 is 0 Å². The summed E-state index contributed by atoms with van der Waals surface area (Å²) >= 11 is 0. The minimum atomic E-state index is -0.783. The van der Waals surface area contributed by atoms with Gasteiger partial charge in [0.15, 0.2) is 5.65 Å². The number of anilines is 2. The van der Waals surface area contributed by atoms with E-state index in [0.29, 0.717) is 22.4 Å². The Balaban J connectivity index is 1.58. The third kappa shape index (κ3) is 4.85. The fourth-order valence-electron chi connectivity index (χ4n) is 5.10. The van der Waals surface area contributed by atoms with Gasteiger partial charge in [-0.2, -0.15) is 4.98 Å². The maximum Gasteiger partial charge on any atom is 0.278 e. The molecule has 0 spiro atoms. The molecule has 0 aliphatic carbocycles. The molecule has 1 aliphatic heterocycles. The Morgan fingerprint density at radius 3 is 2.55 bits per heavy atom. The molecular formula is C29H39N7OS. The van der Waals surface area contributed by atoms with Crippen molar-refractivity contribution in [2.75, 3.05) is 30.6 Å². The van der Waals surface area contributed by atoms with Gasteiger partial charge in [-0.15, -0.1) is 0 Å². The van der Waals surface area contributed by atoms with Crippen molar-refractivity contribution in [1.82, 2.24) is 29.6 Å². The van der Waals surface area contributed by atoms with Crippen LogP contribution in [0, 0.1) is 0 Å². The van der Waals surface area contributed by atoms with Crippen LogP contribution in [-0.2, 0) is 11.8 Å². The number of hydrogen-bond acceptors (Lipinski definition) is 6. The van der Waals surface area contributed by atoms with E-state index in [1.807, 2.05) is 30.7 Å². The minimum absolute atomic E-state index is 0.0634. The topological polar surface area (TPSA) is 89.7 Å². The van der Waals surface area contributed by atoms with E-state index in [-0.39, 0.29) is 17.0 Å². The fraction of sp³-hybridized carbons (Fsp3) is 0.448. The number of aromatic nitrogens is 5.